The van der Waals surface area contributed by atoms with E-state index in [2.05, 4.69) is 0 Å². The van der Waals surface area contributed by atoms with Crippen LogP contribution in [0.25, 0.3) is 0 Å². The van der Waals surface area contributed by atoms with E-state index >= 15 is 0 Å². The third-order valence-electron chi connectivity index (χ3n) is 5.65. The quantitative estimate of drug-likeness (QED) is 0.616. The third-order valence-corrected chi connectivity index (χ3v) is 9.32. The molecule has 0 spiro atoms. The fraction of sp³-hybridized carbons (Fsp3) is 0.217. The first kappa shape index (κ1) is 22.3. The first-order valence-electron chi connectivity index (χ1n) is 10.1. The van der Waals surface area contributed by atoms with Crippen molar-refractivity contribution in [2.45, 2.75) is 29.7 Å². The molecule has 1 aliphatic rings. The second-order valence-electron chi connectivity index (χ2n) is 7.72. The van der Waals surface area contributed by atoms with Crippen LogP contribution < -0.4 is 8.61 Å². The summed E-state index contributed by atoms with van der Waals surface area (Å²) in [6.07, 6.45) is 0. The van der Waals surface area contributed by atoms with Crippen molar-refractivity contribution < 1.29 is 21.9 Å². The highest BCUT2D eigenvalue weighted by Crippen LogP contribution is 2.42. The van der Waals surface area contributed by atoms with Crippen molar-refractivity contribution in [3.05, 3.63) is 83.9 Å². The molecule has 1 heterocycles. The van der Waals surface area contributed by atoms with Gasteiger partial charge in [-0.05, 0) is 61.4 Å². The molecule has 0 aliphatic carbocycles. The smallest absolute Gasteiger partial charge is 0.264 e. The third kappa shape index (κ3) is 3.66. The molecule has 0 bridgehead atoms. The van der Waals surface area contributed by atoms with Crippen LogP contribution >= 0.6 is 0 Å². The van der Waals surface area contributed by atoms with E-state index in [0.717, 1.165) is 15.4 Å². The van der Waals surface area contributed by atoms with Crippen LogP contribution in [0.15, 0.2) is 82.6 Å². The summed E-state index contributed by atoms with van der Waals surface area (Å²) in [6.45, 7) is 2.92. The molecule has 7 nitrogen and oxygen atoms in total. The van der Waals surface area contributed by atoms with E-state index in [0.29, 0.717) is 0 Å². The van der Waals surface area contributed by atoms with Crippen LogP contribution in [0, 0.1) is 13.8 Å². The normalized spacial score (nSPS) is 16.7. The lowest BCUT2D eigenvalue weighted by Gasteiger charge is -2.42. The van der Waals surface area contributed by atoms with E-state index in [1.54, 1.807) is 48.5 Å². The van der Waals surface area contributed by atoms with Gasteiger partial charge in [-0.2, -0.15) is 0 Å². The van der Waals surface area contributed by atoms with Gasteiger partial charge in [0.2, 0.25) is 0 Å². The van der Waals surface area contributed by atoms with Gasteiger partial charge in [0.1, 0.15) is 0 Å². The summed E-state index contributed by atoms with van der Waals surface area (Å²) in [7, 11) is -8.03. The molecule has 4 rings (SSSR count). The Kier molecular flexibility index (Phi) is 5.74. The summed E-state index contributed by atoms with van der Waals surface area (Å²) in [4.78, 5) is 0.169. The highest BCUT2D eigenvalue weighted by molar-refractivity contribution is 7.93. The van der Waals surface area contributed by atoms with E-state index < -0.39 is 32.7 Å². The van der Waals surface area contributed by atoms with Gasteiger partial charge >= 0.3 is 0 Å². The van der Waals surface area contributed by atoms with E-state index in [1.165, 1.54) is 28.6 Å². The summed E-state index contributed by atoms with van der Waals surface area (Å²) in [5.74, 6) is 0. The molecule has 3 aromatic carbocycles. The molecule has 0 saturated carbocycles. The van der Waals surface area contributed by atoms with E-state index in [9.17, 15) is 21.9 Å². The summed E-state index contributed by atoms with van der Waals surface area (Å²) < 4.78 is 56.5. The minimum Gasteiger partial charge on any atom is -0.394 e. The molecule has 0 radical (unpaired) electrons. The molecule has 0 amide bonds. The Bertz CT molecular complexity index is 1340. The van der Waals surface area contributed by atoms with Crippen molar-refractivity contribution in [3.8, 4) is 0 Å². The van der Waals surface area contributed by atoms with Gasteiger partial charge in [-0.1, -0.05) is 36.4 Å². The predicted octanol–water partition coefficient (Wildman–Crippen LogP) is 3.07. The van der Waals surface area contributed by atoms with Gasteiger partial charge < -0.3 is 5.11 Å². The van der Waals surface area contributed by atoms with Gasteiger partial charge in [0.05, 0.1) is 40.4 Å². The van der Waals surface area contributed by atoms with Gasteiger partial charge in [-0.15, -0.1) is 0 Å². The molecule has 1 unspecified atom stereocenters. The van der Waals surface area contributed by atoms with Gasteiger partial charge in [0.15, 0.2) is 0 Å². The number of benzene rings is 3. The highest BCUT2D eigenvalue weighted by Gasteiger charge is 2.42. The number of anilines is 2. The predicted molar refractivity (Wildman–Crippen MR) is 124 cm³/mol. The van der Waals surface area contributed by atoms with Crippen molar-refractivity contribution >= 4 is 31.4 Å². The fourth-order valence-electron chi connectivity index (χ4n) is 3.83. The Morgan fingerprint density at radius 3 is 1.75 bits per heavy atom. The SMILES string of the molecule is Cc1cc2c(cc1C)N(S(=O)(=O)c1ccccc1)C(CO)CN2S(=O)(=O)c1ccccc1. The van der Waals surface area contributed by atoms with Crippen molar-refractivity contribution in [1.82, 2.24) is 0 Å². The van der Waals surface area contributed by atoms with Gasteiger partial charge in [0, 0.05) is 0 Å². The zero-order valence-electron chi connectivity index (χ0n) is 17.7. The molecule has 1 atom stereocenters. The summed E-state index contributed by atoms with van der Waals surface area (Å²) in [5, 5.41) is 10.1. The lowest BCUT2D eigenvalue weighted by molar-refractivity contribution is 0.268. The van der Waals surface area contributed by atoms with Crippen molar-refractivity contribution in [1.29, 1.82) is 0 Å². The Morgan fingerprint density at radius 2 is 1.25 bits per heavy atom. The van der Waals surface area contributed by atoms with Crippen LogP contribution in [0.2, 0.25) is 0 Å². The minimum absolute atomic E-state index is 0.0713. The van der Waals surface area contributed by atoms with Crippen LogP contribution in [0.1, 0.15) is 11.1 Å². The number of rotatable bonds is 5. The highest BCUT2D eigenvalue weighted by atomic mass is 32.2. The minimum atomic E-state index is -4.05. The van der Waals surface area contributed by atoms with Crippen LogP contribution in [0.5, 0.6) is 0 Å². The van der Waals surface area contributed by atoms with Gasteiger partial charge in [-0.25, -0.2) is 16.8 Å². The lowest BCUT2D eigenvalue weighted by Crippen LogP contribution is -2.54. The number of aliphatic hydroxyl groups is 1. The molecular weight excluding hydrogens is 448 g/mol. The number of hydrogen-bond acceptors (Lipinski definition) is 5. The average Bonchev–Trinajstić information content (AvgIpc) is 2.80. The molecular formula is C23H24N2O5S2. The largest absolute Gasteiger partial charge is 0.394 e. The topological polar surface area (TPSA) is 95.0 Å². The van der Waals surface area contributed by atoms with Crippen LogP contribution in [-0.2, 0) is 20.0 Å². The Morgan fingerprint density at radius 1 is 0.781 bits per heavy atom. The Labute approximate surface area is 188 Å². The number of sulfonamides is 2. The van der Waals surface area contributed by atoms with E-state index in [4.69, 9.17) is 0 Å². The van der Waals surface area contributed by atoms with Gasteiger partial charge in [-0.3, -0.25) is 8.61 Å². The van der Waals surface area contributed by atoms with Crippen molar-refractivity contribution in [3.63, 3.8) is 0 Å². The maximum Gasteiger partial charge on any atom is 0.264 e. The summed E-state index contributed by atoms with van der Waals surface area (Å²) in [5.41, 5.74) is 2.13. The first-order chi connectivity index (χ1) is 15.2. The molecule has 0 fully saturated rings. The monoisotopic (exact) mass is 472 g/mol. The number of aryl methyl sites for hydroxylation is 2. The molecule has 1 aliphatic heterocycles. The fourth-order valence-corrected chi connectivity index (χ4v) is 7.02. The van der Waals surface area contributed by atoms with E-state index in [-0.39, 0.29) is 27.7 Å². The number of hydrogen-bond donors (Lipinski definition) is 1. The zero-order valence-corrected chi connectivity index (χ0v) is 19.3. The van der Waals surface area contributed by atoms with Crippen LogP contribution in [0.4, 0.5) is 11.4 Å². The Hall–Kier alpha value is -2.88. The first-order valence-corrected chi connectivity index (χ1v) is 13.0. The molecule has 32 heavy (non-hydrogen) atoms. The van der Waals surface area contributed by atoms with Crippen molar-refractivity contribution in [2.75, 3.05) is 21.8 Å². The number of nitrogens with zero attached hydrogens (tertiary/aromatic N) is 2. The summed E-state index contributed by atoms with van der Waals surface area (Å²) >= 11 is 0. The van der Waals surface area contributed by atoms with Crippen molar-refractivity contribution in [2.24, 2.45) is 0 Å². The molecule has 3 aromatic rings. The number of fused-ring (bicyclic) bond motifs is 1. The molecule has 0 saturated heterocycles. The van der Waals surface area contributed by atoms with Crippen LogP contribution in [-0.4, -0.2) is 41.1 Å². The molecule has 1 N–H and O–H groups in total. The second-order valence-corrected chi connectivity index (χ2v) is 11.4. The Balaban J connectivity index is 1.96. The van der Waals surface area contributed by atoms with E-state index in [1.807, 2.05) is 13.8 Å². The standard InChI is InChI=1S/C23H24N2O5S2/c1-17-13-22-23(14-18(17)2)25(32(29,30)21-11-7-4-8-12-21)19(16-26)15-24(22)31(27,28)20-9-5-3-6-10-20/h3-14,19,26H,15-16H2,1-2H3. The maximum absolute atomic E-state index is 13.6. The molecule has 0 aromatic heterocycles. The summed E-state index contributed by atoms with van der Waals surface area (Å²) in [6, 6.07) is 18.3. The number of aliphatic hydroxyl groups excluding tert-OH is 1. The van der Waals surface area contributed by atoms with Gasteiger partial charge in [0.25, 0.3) is 20.0 Å². The molecule has 9 heteroatoms. The maximum atomic E-state index is 13.6. The lowest BCUT2D eigenvalue weighted by atomic mass is 10.0. The second kappa shape index (κ2) is 8.23. The average molecular weight is 473 g/mol. The van der Waals surface area contributed by atoms with Crippen LogP contribution in [0.3, 0.4) is 0 Å². The zero-order chi connectivity index (χ0) is 23.1. The molecule has 168 valence electrons.